The third-order valence-electron chi connectivity index (χ3n) is 6.21. The molecule has 0 aliphatic carbocycles. The summed E-state index contributed by atoms with van der Waals surface area (Å²) in [5, 5.41) is 26.9. The lowest BCUT2D eigenvalue weighted by Crippen LogP contribution is -2.31. The summed E-state index contributed by atoms with van der Waals surface area (Å²) < 4.78 is 36.8. The summed E-state index contributed by atoms with van der Waals surface area (Å²) in [6.07, 6.45) is 2.77. The third-order valence-corrected chi connectivity index (χ3v) is 6.21. The molecule has 0 saturated heterocycles. The van der Waals surface area contributed by atoms with Crippen molar-refractivity contribution in [3.05, 3.63) is 112 Å². The van der Waals surface area contributed by atoms with Crippen molar-refractivity contribution in [2.24, 2.45) is 0 Å². The molecule has 3 heterocycles. The molecule has 41 heavy (non-hydrogen) atoms. The maximum absolute atomic E-state index is 14.3. The van der Waals surface area contributed by atoms with Gasteiger partial charge in [-0.25, -0.2) is 23.3 Å². The predicted octanol–water partition coefficient (Wildman–Crippen LogP) is 3.64. The highest BCUT2D eigenvalue weighted by molar-refractivity contribution is 5.63. The van der Waals surface area contributed by atoms with E-state index in [1.54, 1.807) is 0 Å². The van der Waals surface area contributed by atoms with Gasteiger partial charge in [0.2, 0.25) is 0 Å². The second-order valence-corrected chi connectivity index (χ2v) is 8.88. The van der Waals surface area contributed by atoms with Gasteiger partial charge in [-0.2, -0.15) is 15.6 Å². The SMILES string of the molecule is N#Cc1c(N)ncnc1NC(CCOCc1ccccc1)c1nn2ccc(C#N)c2c(=O)n1-c1cc(F)cc(F)c1. The first-order valence-electron chi connectivity index (χ1n) is 12.3. The standard InChI is InChI=1S/C28H21F2N9O2/c29-19-10-20(30)12-21(11-19)39-27(37-38-8-6-18(13-31)24(38)28(39)40)23(7-9-41-15-17-4-2-1-3-5-17)36-26-22(14-32)25(33)34-16-35-26/h1-6,8,10-12,16,23H,7,9,15H2,(H3,33,34,35,36). The van der Waals surface area contributed by atoms with Crippen molar-refractivity contribution in [3.63, 3.8) is 0 Å². The fourth-order valence-electron chi connectivity index (χ4n) is 4.33. The summed E-state index contributed by atoms with van der Waals surface area (Å²) in [5.41, 5.74) is 5.84. The van der Waals surface area contributed by atoms with Gasteiger partial charge in [0, 0.05) is 18.9 Å². The summed E-state index contributed by atoms with van der Waals surface area (Å²) in [5.74, 6) is -1.83. The average molecular weight is 554 g/mol. The normalized spacial score (nSPS) is 11.6. The molecule has 1 unspecified atom stereocenters. The van der Waals surface area contributed by atoms with Crippen LogP contribution in [-0.4, -0.2) is 30.8 Å². The Morgan fingerprint density at radius 3 is 2.51 bits per heavy atom. The molecule has 204 valence electrons. The monoisotopic (exact) mass is 553 g/mol. The van der Waals surface area contributed by atoms with Gasteiger partial charge in [0.05, 0.1) is 23.9 Å². The van der Waals surface area contributed by atoms with Crippen LogP contribution >= 0.6 is 0 Å². The van der Waals surface area contributed by atoms with Crippen LogP contribution in [0.3, 0.4) is 0 Å². The van der Waals surface area contributed by atoms with E-state index in [9.17, 15) is 24.1 Å². The van der Waals surface area contributed by atoms with Crippen LogP contribution in [0.1, 0.15) is 35.0 Å². The first-order chi connectivity index (χ1) is 19.9. The minimum atomic E-state index is -0.917. The number of hydrogen-bond donors (Lipinski definition) is 2. The molecule has 0 fully saturated rings. The van der Waals surface area contributed by atoms with Crippen LogP contribution in [0.2, 0.25) is 0 Å². The number of hydrogen-bond acceptors (Lipinski definition) is 9. The number of nitrogens with two attached hydrogens (primary N) is 1. The quantitative estimate of drug-likeness (QED) is 0.260. The maximum atomic E-state index is 14.3. The number of halogens is 2. The lowest BCUT2D eigenvalue weighted by atomic mass is 10.1. The molecular weight excluding hydrogens is 532 g/mol. The minimum absolute atomic E-state index is 0.0111. The van der Waals surface area contributed by atoms with Gasteiger partial charge in [-0.05, 0) is 30.2 Å². The van der Waals surface area contributed by atoms with Gasteiger partial charge in [0.25, 0.3) is 5.56 Å². The third kappa shape index (κ3) is 5.56. The maximum Gasteiger partial charge on any atom is 0.283 e. The van der Waals surface area contributed by atoms with Crippen LogP contribution in [0.4, 0.5) is 20.4 Å². The van der Waals surface area contributed by atoms with Gasteiger partial charge >= 0.3 is 0 Å². The topological polar surface area (TPSA) is 160 Å². The second kappa shape index (κ2) is 11.6. The first kappa shape index (κ1) is 26.9. The molecule has 0 aliphatic rings. The summed E-state index contributed by atoms with van der Waals surface area (Å²) in [6.45, 7) is 0.449. The molecule has 0 bridgehead atoms. The van der Waals surface area contributed by atoms with Crippen molar-refractivity contribution in [2.75, 3.05) is 17.7 Å². The number of fused-ring (bicyclic) bond motifs is 1. The van der Waals surface area contributed by atoms with Gasteiger partial charge in [-0.3, -0.25) is 9.36 Å². The lowest BCUT2D eigenvalue weighted by molar-refractivity contribution is 0.114. The van der Waals surface area contributed by atoms with Crippen molar-refractivity contribution >= 4 is 17.2 Å². The van der Waals surface area contributed by atoms with Gasteiger partial charge in [-0.15, -0.1) is 0 Å². The molecule has 0 saturated carbocycles. The number of ether oxygens (including phenoxy) is 1. The molecule has 3 N–H and O–H groups in total. The predicted molar refractivity (Wildman–Crippen MR) is 144 cm³/mol. The Hall–Kier alpha value is -5.66. The van der Waals surface area contributed by atoms with Crippen molar-refractivity contribution in [1.82, 2.24) is 24.1 Å². The number of nitrogens with one attached hydrogen (secondary N) is 1. The number of anilines is 2. The van der Waals surface area contributed by atoms with Gasteiger partial charge in [-0.1, -0.05) is 30.3 Å². The van der Waals surface area contributed by atoms with Crippen LogP contribution in [0.5, 0.6) is 0 Å². The Labute approximate surface area is 231 Å². The van der Waals surface area contributed by atoms with Crippen LogP contribution in [0, 0.1) is 34.3 Å². The minimum Gasteiger partial charge on any atom is -0.382 e. The molecule has 13 heteroatoms. The molecule has 0 aliphatic heterocycles. The molecule has 2 aromatic carbocycles. The Balaban J connectivity index is 1.64. The first-order valence-corrected chi connectivity index (χ1v) is 12.3. The Kier molecular flexibility index (Phi) is 7.62. The van der Waals surface area contributed by atoms with Crippen molar-refractivity contribution in [1.29, 1.82) is 10.5 Å². The number of nitriles is 2. The highest BCUT2D eigenvalue weighted by Gasteiger charge is 2.25. The van der Waals surface area contributed by atoms with Crippen LogP contribution < -0.4 is 16.6 Å². The fraction of sp³-hybridized carbons (Fsp3) is 0.143. The summed E-state index contributed by atoms with van der Waals surface area (Å²) in [7, 11) is 0. The molecule has 1 atom stereocenters. The van der Waals surface area contributed by atoms with E-state index in [0.29, 0.717) is 12.7 Å². The second-order valence-electron chi connectivity index (χ2n) is 8.88. The molecular formula is C28H21F2N9O2. The zero-order valence-electron chi connectivity index (χ0n) is 21.3. The smallest absolute Gasteiger partial charge is 0.283 e. The fourth-order valence-corrected chi connectivity index (χ4v) is 4.33. The van der Waals surface area contributed by atoms with E-state index >= 15 is 0 Å². The van der Waals surface area contributed by atoms with E-state index in [1.807, 2.05) is 42.5 Å². The molecule has 5 rings (SSSR count). The zero-order valence-corrected chi connectivity index (χ0v) is 21.3. The van der Waals surface area contributed by atoms with E-state index in [1.165, 1.54) is 16.8 Å². The zero-order chi connectivity index (χ0) is 28.9. The van der Waals surface area contributed by atoms with Crippen LogP contribution in [-0.2, 0) is 11.3 Å². The van der Waals surface area contributed by atoms with Crippen molar-refractivity contribution in [3.8, 4) is 17.8 Å². The van der Waals surface area contributed by atoms with Gasteiger partial charge in [0.15, 0.2) is 5.82 Å². The van der Waals surface area contributed by atoms with Gasteiger partial charge in [0.1, 0.15) is 52.8 Å². The highest BCUT2D eigenvalue weighted by atomic mass is 19.1. The molecule has 0 spiro atoms. The van der Waals surface area contributed by atoms with Crippen LogP contribution in [0.25, 0.3) is 11.2 Å². The van der Waals surface area contributed by atoms with E-state index in [4.69, 9.17) is 10.5 Å². The summed E-state index contributed by atoms with van der Waals surface area (Å²) in [6, 6.07) is 16.5. The van der Waals surface area contributed by atoms with E-state index in [2.05, 4.69) is 20.4 Å². The number of benzene rings is 2. The number of nitrogen functional groups attached to an aromatic ring is 1. The molecule has 3 aromatic heterocycles. The van der Waals surface area contributed by atoms with Crippen LogP contribution in [0.15, 0.2) is 71.9 Å². The lowest BCUT2D eigenvalue weighted by Gasteiger charge is -2.23. The Morgan fingerprint density at radius 2 is 1.80 bits per heavy atom. The molecule has 5 aromatic rings. The van der Waals surface area contributed by atoms with Crippen molar-refractivity contribution < 1.29 is 13.5 Å². The summed E-state index contributed by atoms with van der Waals surface area (Å²) >= 11 is 0. The largest absolute Gasteiger partial charge is 0.382 e. The van der Waals surface area contributed by atoms with E-state index in [-0.39, 0.29) is 52.8 Å². The van der Waals surface area contributed by atoms with Crippen molar-refractivity contribution in [2.45, 2.75) is 19.1 Å². The number of rotatable bonds is 9. The summed E-state index contributed by atoms with van der Waals surface area (Å²) in [4.78, 5) is 21.8. The molecule has 0 radical (unpaired) electrons. The molecule has 0 amide bonds. The Morgan fingerprint density at radius 1 is 1.05 bits per heavy atom. The molecule has 11 nitrogen and oxygen atoms in total. The van der Waals surface area contributed by atoms with Gasteiger partial charge < -0.3 is 15.8 Å². The number of nitrogens with zero attached hydrogens (tertiary/aromatic N) is 7. The average Bonchev–Trinajstić information content (AvgIpc) is 3.38. The Bertz CT molecular complexity index is 1850. The van der Waals surface area contributed by atoms with E-state index < -0.39 is 23.2 Å². The number of aromatic nitrogens is 5. The highest BCUT2D eigenvalue weighted by Crippen LogP contribution is 2.26. The van der Waals surface area contributed by atoms with E-state index in [0.717, 1.165) is 28.6 Å².